The van der Waals surface area contributed by atoms with Crippen molar-refractivity contribution < 1.29 is 0 Å². The summed E-state index contributed by atoms with van der Waals surface area (Å²) in [5.41, 5.74) is 0.450. The number of nitrogens with zero attached hydrogens (tertiary/aromatic N) is 2. The van der Waals surface area contributed by atoms with E-state index in [4.69, 9.17) is 0 Å². The second-order valence-electron chi connectivity index (χ2n) is 6.63. The fourth-order valence-electron chi connectivity index (χ4n) is 3.52. The molecule has 0 radical (unpaired) electrons. The number of rotatable bonds is 7. The molecule has 2 aliphatic rings. The molecular weight excluding hydrogens is 222 g/mol. The maximum Gasteiger partial charge on any atom is 0.0113 e. The van der Waals surface area contributed by atoms with E-state index in [1.807, 2.05) is 0 Å². The van der Waals surface area contributed by atoms with Crippen molar-refractivity contribution in [1.29, 1.82) is 0 Å². The van der Waals surface area contributed by atoms with E-state index in [2.05, 4.69) is 36.0 Å². The molecule has 2 rings (SSSR count). The normalized spacial score (nSPS) is 26.2. The summed E-state index contributed by atoms with van der Waals surface area (Å²) in [6, 6.07) is 0.950. The first-order valence-electron chi connectivity index (χ1n) is 7.78. The number of nitrogens with one attached hydrogen (secondary N) is 1. The van der Waals surface area contributed by atoms with Gasteiger partial charge in [0, 0.05) is 45.3 Å². The van der Waals surface area contributed by atoms with Crippen LogP contribution in [0.3, 0.4) is 0 Å². The molecule has 0 aromatic heterocycles. The minimum absolute atomic E-state index is 0.450. The fraction of sp³-hybridized carbons (Fsp3) is 1.00. The molecule has 0 amide bonds. The molecule has 1 saturated heterocycles. The van der Waals surface area contributed by atoms with Crippen molar-refractivity contribution in [3.63, 3.8) is 0 Å². The van der Waals surface area contributed by atoms with Crippen LogP contribution in [-0.2, 0) is 0 Å². The highest BCUT2D eigenvalue weighted by atomic mass is 15.3. The Labute approximate surface area is 113 Å². The van der Waals surface area contributed by atoms with Crippen LogP contribution in [0, 0.1) is 5.41 Å². The first-order chi connectivity index (χ1) is 8.67. The Morgan fingerprint density at radius 2 is 1.83 bits per heavy atom. The summed E-state index contributed by atoms with van der Waals surface area (Å²) in [6.45, 7) is 12.3. The van der Waals surface area contributed by atoms with Gasteiger partial charge in [-0.3, -0.25) is 4.90 Å². The van der Waals surface area contributed by atoms with Gasteiger partial charge in [-0.05, 0) is 31.7 Å². The lowest BCUT2D eigenvalue weighted by molar-refractivity contribution is 0.0830. The molecule has 0 spiro atoms. The van der Waals surface area contributed by atoms with E-state index in [1.54, 1.807) is 0 Å². The molecule has 1 aliphatic carbocycles. The Morgan fingerprint density at radius 3 is 2.33 bits per heavy atom. The highest BCUT2D eigenvalue weighted by Gasteiger charge is 2.33. The molecule has 1 heterocycles. The van der Waals surface area contributed by atoms with E-state index in [-0.39, 0.29) is 0 Å². The van der Waals surface area contributed by atoms with Crippen LogP contribution in [0.1, 0.15) is 39.5 Å². The third-order valence-corrected chi connectivity index (χ3v) is 4.53. The van der Waals surface area contributed by atoms with Crippen molar-refractivity contribution >= 4 is 0 Å². The first kappa shape index (κ1) is 14.3. The summed E-state index contributed by atoms with van der Waals surface area (Å²) in [5, 5.41) is 3.38. The zero-order valence-corrected chi connectivity index (χ0v) is 12.5. The van der Waals surface area contributed by atoms with Gasteiger partial charge in [-0.25, -0.2) is 0 Å². The number of piperazine rings is 1. The lowest BCUT2D eigenvalue weighted by atomic mass is 9.84. The molecular formula is C15H31N3. The lowest BCUT2D eigenvalue weighted by Crippen LogP contribution is -2.51. The minimum atomic E-state index is 0.450. The number of hydrogen-bond acceptors (Lipinski definition) is 3. The van der Waals surface area contributed by atoms with Crippen molar-refractivity contribution in [1.82, 2.24) is 15.1 Å². The van der Waals surface area contributed by atoms with E-state index in [1.165, 1.54) is 58.4 Å². The fourth-order valence-corrected chi connectivity index (χ4v) is 3.52. The quantitative estimate of drug-likeness (QED) is 0.746. The van der Waals surface area contributed by atoms with Gasteiger partial charge < -0.3 is 10.2 Å². The molecule has 1 atom stereocenters. The topological polar surface area (TPSA) is 18.5 Å². The Hall–Kier alpha value is -0.120. The van der Waals surface area contributed by atoms with Gasteiger partial charge in [0.2, 0.25) is 0 Å². The Bertz CT molecular complexity index is 236. The van der Waals surface area contributed by atoms with E-state index in [9.17, 15) is 0 Å². The lowest BCUT2D eigenvalue weighted by Gasteiger charge is -2.40. The van der Waals surface area contributed by atoms with Crippen LogP contribution in [0.25, 0.3) is 0 Å². The highest BCUT2D eigenvalue weighted by Crippen LogP contribution is 2.29. The molecule has 1 N–H and O–H groups in total. The average molecular weight is 253 g/mol. The average Bonchev–Trinajstić information content (AvgIpc) is 3.14. The van der Waals surface area contributed by atoms with Gasteiger partial charge in [0.1, 0.15) is 0 Å². The van der Waals surface area contributed by atoms with Gasteiger partial charge in [0.25, 0.3) is 0 Å². The summed E-state index contributed by atoms with van der Waals surface area (Å²) in [4.78, 5) is 5.39. The van der Waals surface area contributed by atoms with E-state index >= 15 is 0 Å². The highest BCUT2D eigenvalue weighted by molar-refractivity contribution is 4.89. The maximum absolute atomic E-state index is 3.38. The van der Waals surface area contributed by atoms with Crippen molar-refractivity contribution in [2.45, 2.75) is 45.6 Å². The van der Waals surface area contributed by atoms with Crippen molar-refractivity contribution in [2.24, 2.45) is 5.41 Å². The van der Waals surface area contributed by atoms with Crippen LogP contribution in [0.4, 0.5) is 0 Å². The molecule has 106 valence electrons. The summed E-state index contributed by atoms with van der Waals surface area (Å²) in [5.74, 6) is 0. The molecule has 1 unspecified atom stereocenters. The van der Waals surface area contributed by atoms with Gasteiger partial charge in [0.15, 0.2) is 0 Å². The van der Waals surface area contributed by atoms with Gasteiger partial charge in [0.05, 0.1) is 0 Å². The van der Waals surface area contributed by atoms with Crippen LogP contribution in [0.5, 0.6) is 0 Å². The summed E-state index contributed by atoms with van der Waals surface area (Å²) in [7, 11) is 2.08. The third-order valence-electron chi connectivity index (χ3n) is 4.53. The molecule has 0 aromatic rings. The molecule has 0 aromatic carbocycles. The molecule has 3 heteroatoms. The molecule has 0 bridgehead atoms. The molecule has 2 fully saturated rings. The maximum atomic E-state index is 3.38. The third kappa shape index (κ3) is 3.94. The predicted octanol–water partition coefficient (Wildman–Crippen LogP) is 1.79. The van der Waals surface area contributed by atoms with Gasteiger partial charge >= 0.3 is 0 Å². The number of hydrogen-bond donors (Lipinski definition) is 1. The monoisotopic (exact) mass is 253 g/mol. The Balaban J connectivity index is 1.77. The van der Waals surface area contributed by atoms with Crippen LogP contribution < -0.4 is 5.32 Å². The van der Waals surface area contributed by atoms with E-state index < -0.39 is 0 Å². The molecule has 18 heavy (non-hydrogen) atoms. The van der Waals surface area contributed by atoms with Gasteiger partial charge in [-0.2, -0.15) is 0 Å². The van der Waals surface area contributed by atoms with Crippen LogP contribution in [-0.4, -0.2) is 62.2 Å². The smallest absolute Gasteiger partial charge is 0.0113 e. The predicted molar refractivity (Wildman–Crippen MR) is 78.0 cm³/mol. The zero-order valence-electron chi connectivity index (χ0n) is 12.5. The van der Waals surface area contributed by atoms with E-state index in [0.717, 1.165) is 12.6 Å². The first-order valence-corrected chi connectivity index (χ1v) is 7.78. The summed E-state index contributed by atoms with van der Waals surface area (Å²) >= 11 is 0. The summed E-state index contributed by atoms with van der Waals surface area (Å²) in [6.07, 6.45) is 5.53. The largest absolute Gasteiger partial charge is 0.319 e. The minimum Gasteiger partial charge on any atom is -0.319 e. The Kier molecular flexibility index (Phi) is 5.05. The van der Waals surface area contributed by atoms with Crippen molar-refractivity contribution in [3.8, 4) is 0 Å². The second kappa shape index (κ2) is 6.36. The van der Waals surface area contributed by atoms with Crippen LogP contribution in [0.2, 0.25) is 0 Å². The van der Waals surface area contributed by atoms with Crippen LogP contribution >= 0.6 is 0 Å². The zero-order chi connectivity index (χ0) is 13.0. The molecule has 1 saturated carbocycles. The van der Waals surface area contributed by atoms with E-state index in [0.29, 0.717) is 5.41 Å². The molecule has 1 aliphatic heterocycles. The van der Waals surface area contributed by atoms with Gasteiger partial charge in [-0.1, -0.05) is 20.3 Å². The van der Waals surface area contributed by atoms with Crippen molar-refractivity contribution in [2.75, 3.05) is 46.3 Å². The molecule has 3 nitrogen and oxygen atoms in total. The Morgan fingerprint density at radius 1 is 1.17 bits per heavy atom. The van der Waals surface area contributed by atoms with Crippen LogP contribution in [0.15, 0.2) is 0 Å². The van der Waals surface area contributed by atoms with Gasteiger partial charge in [-0.15, -0.1) is 0 Å². The summed E-state index contributed by atoms with van der Waals surface area (Å²) < 4.78 is 0. The van der Waals surface area contributed by atoms with Crippen molar-refractivity contribution in [3.05, 3.63) is 0 Å². The SMILES string of the molecule is CCCC(C)(CNC)CN1CCN(C2CC2)CC1. The second-order valence-corrected chi connectivity index (χ2v) is 6.63. The standard InChI is InChI=1S/C15H31N3/c1-4-7-15(2,12-16-3)13-17-8-10-18(11-9-17)14-5-6-14/h14,16H,4-13H2,1-3H3.